The van der Waals surface area contributed by atoms with Crippen molar-refractivity contribution in [2.45, 2.75) is 27.3 Å². The van der Waals surface area contributed by atoms with Crippen LogP contribution in [0.2, 0.25) is 0 Å². The van der Waals surface area contributed by atoms with Crippen molar-refractivity contribution >= 4 is 29.9 Å². The fourth-order valence-corrected chi connectivity index (χ4v) is 2.72. The van der Waals surface area contributed by atoms with Crippen LogP contribution in [0, 0.1) is 13.8 Å². The van der Waals surface area contributed by atoms with E-state index in [2.05, 4.69) is 47.8 Å². The highest BCUT2D eigenvalue weighted by atomic mass is 127. The van der Waals surface area contributed by atoms with Gasteiger partial charge in [0, 0.05) is 25.9 Å². The highest BCUT2D eigenvalue weighted by Crippen LogP contribution is 2.17. The Morgan fingerprint density at radius 3 is 2.61 bits per heavy atom. The topological polar surface area (TPSA) is 72.7 Å². The van der Waals surface area contributed by atoms with Crippen molar-refractivity contribution in [3.63, 3.8) is 0 Å². The van der Waals surface area contributed by atoms with E-state index in [0.717, 1.165) is 35.1 Å². The van der Waals surface area contributed by atoms with Crippen molar-refractivity contribution in [2.75, 3.05) is 40.0 Å². The van der Waals surface area contributed by atoms with Gasteiger partial charge in [0.15, 0.2) is 5.96 Å². The lowest BCUT2D eigenvalue weighted by Gasteiger charge is -2.13. The summed E-state index contributed by atoms with van der Waals surface area (Å²) in [5.74, 6) is 0.774. The summed E-state index contributed by atoms with van der Waals surface area (Å²) in [5.41, 5.74) is 4.30. The molecule has 0 aliphatic carbocycles. The number of halogens is 1. The average Bonchev–Trinajstić information content (AvgIpc) is 3.00. The maximum atomic E-state index is 5.48. The minimum absolute atomic E-state index is 0. The highest BCUT2D eigenvalue weighted by molar-refractivity contribution is 14.0. The number of para-hydroxylation sites is 1. The first-order chi connectivity index (χ1) is 13.2. The van der Waals surface area contributed by atoms with Crippen molar-refractivity contribution in [1.29, 1.82) is 0 Å². The third-order valence-corrected chi connectivity index (χ3v) is 3.95. The van der Waals surface area contributed by atoms with Crippen LogP contribution in [0.5, 0.6) is 0 Å². The Bertz CT molecular complexity index is 733. The van der Waals surface area contributed by atoms with Gasteiger partial charge in [0.2, 0.25) is 0 Å². The average molecular weight is 501 g/mol. The molecular formula is C20H32IN5O2. The van der Waals surface area contributed by atoms with Crippen LogP contribution in [-0.4, -0.2) is 55.8 Å². The largest absolute Gasteiger partial charge is 0.382 e. The third kappa shape index (κ3) is 7.76. The highest BCUT2D eigenvalue weighted by Gasteiger charge is 2.08. The van der Waals surface area contributed by atoms with E-state index in [4.69, 9.17) is 14.5 Å². The van der Waals surface area contributed by atoms with E-state index in [9.17, 15) is 0 Å². The standard InChI is InChI=1S/C20H31N5O2.HI/c1-5-21-20(22-10-11-27-13-12-26-4)23-15-18-8-6-7-9-19(18)25-17(3)14-16(2)24-25;/h6-9,14H,5,10-13,15H2,1-4H3,(H2,21,22,23);1H. The molecule has 0 bridgehead atoms. The second kappa shape index (κ2) is 13.5. The second-order valence-electron chi connectivity index (χ2n) is 6.19. The van der Waals surface area contributed by atoms with Crippen LogP contribution < -0.4 is 10.6 Å². The zero-order chi connectivity index (χ0) is 19.5. The zero-order valence-corrected chi connectivity index (χ0v) is 19.5. The molecule has 2 rings (SSSR count). The number of methoxy groups -OCH3 is 1. The van der Waals surface area contributed by atoms with Gasteiger partial charge >= 0.3 is 0 Å². The van der Waals surface area contributed by atoms with Gasteiger partial charge < -0.3 is 20.1 Å². The first-order valence-corrected chi connectivity index (χ1v) is 9.36. The summed E-state index contributed by atoms with van der Waals surface area (Å²) in [6, 6.07) is 10.3. The van der Waals surface area contributed by atoms with Crippen LogP contribution in [-0.2, 0) is 16.0 Å². The number of guanidine groups is 1. The number of aliphatic imine (C=N–C) groups is 1. The molecule has 0 aliphatic heterocycles. The molecule has 0 radical (unpaired) electrons. The van der Waals surface area contributed by atoms with Crippen molar-refractivity contribution in [3.8, 4) is 5.69 Å². The quantitative estimate of drug-likeness (QED) is 0.227. The summed E-state index contributed by atoms with van der Waals surface area (Å²) in [7, 11) is 1.67. The van der Waals surface area contributed by atoms with Crippen LogP contribution in [0.3, 0.4) is 0 Å². The van der Waals surface area contributed by atoms with Gasteiger partial charge in [0.05, 0.1) is 37.7 Å². The van der Waals surface area contributed by atoms with E-state index in [1.54, 1.807) is 7.11 Å². The van der Waals surface area contributed by atoms with Crippen molar-refractivity contribution in [2.24, 2.45) is 4.99 Å². The molecule has 1 aromatic carbocycles. The van der Waals surface area contributed by atoms with Crippen molar-refractivity contribution in [3.05, 3.63) is 47.3 Å². The van der Waals surface area contributed by atoms with E-state index in [1.165, 1.54) is 0 Å². The number of hydrogen-bond acceptors (Lipinski definition) is 4. The fraction of sp³-hybridized carbons (Fsp3) is 0.500. The molecule has 0 saturated carbocycles. The third-order valence-electron chi connectivity index (χ3n) is 3.95. The van der Waals surface area contributed by atoms with E-state index in [0.29, 0.717) is 32.9 Å². The summed E-state index contributed by atoms with van der Waals surface area (Å²) in [5, 5.41) is 11.2. The number of aryl methyl sites for hydroxylation is 2. The molecule has 156 valence electrons. The predicted molar refractivity (Wildman–Crippen MR) is 124 cm³/mol. The van der Waals surface area contributed by atoms with Gasteiger partial charge in [-0.3, -0.25) is 0 Å². The normalized spacial score (nSPS) is 11.2. The second-order valence-corrected chi connectivity index (χ2v) is 6.19. The summed E-state index contributed by atoms with van der Waals surface area (Å²) in [6.07, 6.45) is 0. The van der Waals surface area contributed by atoms with Crippen LogP contribution in [0.25, 0.3) is 5.69 Å². The molecular weight excluding hydrogens is 469 g/mol. The molecule has 0 saturated heterocycles. The number of nitrogens with one attached hydrogen (secondary N) is 2. The molecule has 0 spiro atoms. The monoisotopic (exact) mass is 501 g/mol. The van der Waals surface area contributed by atoms with Gasteiger partial charge in [-0.15, -0.1) is 24.0 Å². The smallest absolute Gasteiger partial charge is 0.191 e. The molecule has 1 heterocycles. The van der Waals surface area contributed by atoms with E-state index in [1.807, 2.05) is 23.7 Å². The number of benzene rings is 1. The summed E-state index contributed by atoms with van der Waals surface area (Å²) >= 11 is 0. The molecule has 7 nitrogen and oxygen atoms in total. The van der Waals surface area contributed by atoms with Gasteiger partial charge in [0.1, 0.15) is 0 Å². The minimum atomic E-state index is 0. The number of aromatic nitrogens is 2. The lowest BCUT2D eigenvalue weighted by Crippen LogP contribution is -2.39. The van der Waals surface area contributed by atoms with Crippen LogP contribution in [0.4, 0.5) is 0 Å². The Morgan fingerprint density at radius 1 is 1.14 bits per heavy atom. The molecule has 0 amide bonds. The molecule has 1 aromatic heterocycles. The van der Waals surface area contributed by atoms with E-state index < -0.39 is 0 Å². The maximum Gasteiger partial charge on any atom is 0.191 e. The van der Waals surface area contributed by atoms with Crippen molar-refractivity contribution in [1.82, 2.24) is 20.4 Å². The van der Waals surface area contributed by atoms with Gasteiger partial charge in [-0.25, -0.2) is 9.67 Å². The fourth-order valence-electron chi connectivity index (χ4n) is 2.72. The zero-order valence-electron chi connectivity index (χ0n) is 17.2. The van der Waals surface area contributed by atoms with Crippen LogP contribution >= 0.6 is 24.0 Å². The summed E-state index contributed by atoms with van der Waals surface area (Å²) in [4.78, 5) is 4.71. The molecule has 2 N–H and O–H groups in total. The van der Waals surface area contributed by atoms with E-state index in [-0.39, 0.29) is 24.0 Å². The minimum Gasteiger partial charge on any atom is -0.382 e. The van der Waals surface area contributed by atoms with Gasteiger partial charge in [-0.2, -0.15) is 5.10 Å². The van der Waals surface area contributed by atoms with Crippen molar-refractivity contribution < 1.29 is 9.47 Å². The molecule has 0 fully saturated rings. The predicted octanol–water partition coefficient (Wildman–Crippen LogP) is 2.83. The maximum absolute atomic E-state index is 5.48. The number of hydrogen-bond donors (Lipinski definition) is 2. The molecule has 0 atom stereocenters. The Kier molecular flexibility index (Phi) is 11.8. The number of nitrogens with zero attached hydrogens (tertiary/aromatic N) is 3. The Hall–Kier alpha value is -1.65. The summed E-state index contributed by atoms with van der Waals surface area (Å²) in [6.45, 7) is 9.99. The van der Waals surface area contributed by atoms with Crippen LogP contribution in [0.15, 0.2) is 35.3 Å². The molecule has 2 aromatic rings. The van der Waals surface area contributed by atoms with Gasteiger partial charge in [-0.05, 0) is 38.5 Å². The molecule has 28 heavy (non-hydrogen) atoms. The first-order valence-electron chi connectivity index (χ1n) is 9.36. The Morgan fingerprint density at radius 2 is 1.93 bits per heavy atom. The van der Waals surface area contributed by atoms with E-state index >= 15 is 0 Å². The SMILES string of the molecule is CCNC(=NCc1ccccc1-n1nc(C)cc1C)NCCOCCOC.I. The lowest BCUT2D eigenvalue weighted by molar-refractivity contribution is 0.0733. The lowest BCUT2D eigenvalue weighted by atomic mass is 10.2. The molecule has 0 aliphatic rings. The Labute approximate surface area is 184 Å². The van der Waals surface area contributed by atoms with Gasteiger partial charge in [0.25, 0.3) is 0 Å². The molecule has 8 heteroatoms. The Balaban J connectivity index is 0.00000392. The van der Waals surface area contributed by atoms with Crippen LogP contribution in [0.1, 0.15) is 23.9 Å². The van der Waals surface area contributed by atoms with Gasteiger partial charge in [-0.1, -0.05) is 18.2 Å². The first kappa shape index (κ1) is 24.4. The molecule has 0 unspecified atom stereocenters. The summed E-state index contributed by atoms with van der Waals surface area (Å²) < 4.78 is 12.4. The number of rotatable bonds is 10. The number of ether oxygens (including phenoxy) is 2.